The third kappa shape index (κ3) is 4.86. The molecule has 0 atom stereocenters. The molecule has 0 amide bonds. The smallest absolute Gasteiger partial charge is 0.203 e. The Morgan fingerprint density at radius 2 is 1.89 bits per heavy atom. The molecule has 1 aromatic rings. The van der Waals surface area contributed by atoms with E-state index in [0.717, 1.165) is 24.7 Å². The molecule has 0 aliphatic carbocycles. The van der Waals surface area contributed by atoms with Gasteiger partial charge in [0.25, 0.3) is 0 Å². The average molecular weight is 267 g/mol. The summed E-state index contributed by atoms with van der Waals surface area (Å²) in [6, 6.07) is 0. The predicted octanol–water partition coefficient (Wildman–Crippen LogP) is 3.18. The zero-order chi connectivity index (χ0) is 14.4. The molecule has 0 aliphatic heterocycles. The molecule has 0 aromatic carbocycles. The van der Waals surface area contributed by atoms with Gasteiger partial charge >= 0.3 is 0 Å². The minimum atomic E-state index is 0.663. The van der Waals surface area contributed by atoms with Crippen molar-refractivity contribution < 1.29 is 4.74 Å². The second-order valence-corrected chi connectivity index (χ2v) is 5.93. The van der Waals surface area contributed by atoms with Gasteiger partial charge in [-0.15, -0.1) is 0 Å². The highest BCUT2D eigenvalue weighted by Gasteiger charge is 2.19. The van der Waals surface area contributed by atoms with Gasteiger partial charge in [0.05, 0.1) is 12.3 Å². The van der Waals surface area contributed by atoms with Crippen molar-refractivity contribution in [1.29, 1.82) is 0 Å². The molecule has 1 heterocycles. The van der Waals surface area contributed by atoms with Crippen LogP contribution in [0.4, 0.5) is 5.95 Å². The maximum atomic E-state index is 5.07. The van der Waals surface area contributed by atoms with Crippen LogP contribution >= 0.6 is 0 Å². The molecular weight excluding hydrogens is 238 g/mol. The molecular formula is C15H29N3O. The van der Waals surface area contributed by atoms with Crippen molar-refractivity contribution in [2.45, 2.75) is 41.2 Å². The van der Waals surface area contributed by atoms with Crippen molar-refractivity contribution in [3.8, 4) is 0 Å². The first kappa shape index (κ1) is 16.0. The number of rotatable bonds is 8. The third-order valence-electron chi connectivity index (χ3n) is 3.61. The molecule has 0 fully saturated rings. The number of anilines is 1. The summed E-state index contributed by atoms with van der Waals surface area (Å²) in [5, 5.41) is 3.35. The van der Waals surface area contributed by atoms with Crippen molar-refractivity contribution in [3.05, 3.63) is 11.9 Å². The van der Waals surface area contributed by atoms with Gasteiger partial charge in [0.15, 0.2) is 0 Å². The first-order valence-electron chi connectivity index (χ1n) is 7.22. The Bertz CT molecular complexity index is 363. The summed E-state index contributed by atoms with van der Waals surface area (Å²) in [4.78, 5) is 4.55. The molecule has 0 radical (unpaired) electrons. The van der Waals surface area contributed by atoms with E-state index in [0.29, 0.717) is 24.4 Å². The van der Waals surface area contributed by atoms with Gasteiger partial charge in [-0.25, -0.2) is 4.98 Å². The maximum Gasteiger partial charge on any atom is 0.203 e. The van der Waals surface area contributed by atoms with Gasteiger partial charge in [-0.3, -0.25) is 0 Å². The van der Waals surface area contributed by atoms with E-state index in [1.165, 1.54) is 0 Å². The molecule has 1 aromatic heterocycles. The van der Waals surface area contributed by atoms with Crippen molar-refractivity contribution in [2.24, 2.45) is 17.8 Å². The van der Waals surface area contributed by atoms with Gasteiger partial charge in [-0.2, -0.15) is 0 Å². The fourth-order valence-electron chi connectivity index (χ4n) is 2.51. The zero-order valence-corrected chi connectivity index (χ0v) is 13.2. The van der Waals surface area contributed by atoms with Crippen LogP contribution in [0.1, 0.15) is 33.4 Å². The number of aryl methyl sites for hydroxylation is 1. The number of methoxy groups -OCH3 is 1. The fourth-order valence-corrected chi connectivity index (χ4v) is 2.51. The summed E-state index contributed by atoms with van der Waals surface area (Å²) >= 11 is 0. The van der Waals surface area contributed by atoms with E-state index in [2.05, 4.69) is 48.8 Å². The first-order valence-corrected chi connectivity index (χ1v) is 7.22. The van der Waals surface area contributed by atoms with Crippen LogP contribution in [0.2, 0.25) is 0 Å². The van der Waals surface area contributed by atoms with E-state index < -0.39 is 0 Å². The van der Waals surface area contributed by atoms with Crippen molar-refractivity contribution in [1.82, 2.24) is 9.55 Å². The topological polar surface area (TPSA) is 39.1 Å². The van der Waals surface area contributed by atoms with Gasteiger partial charge < -0.3 is 14.6 Å². The summed E-state index contributed by atoms with van der Waals surface area (Å²) < 4.78 is 7.31. The van der Waals surface area contributed by atoms with Gasteiger partial charge in [-0.05, 0) is 24.7 Å². The summed E-state index contributed by atoms with van der Waals surface area (Å²) in [6.45, 7) is 13.7. The number of ether oxygens (including phenoxy) is 1. The summed E-state index contributed by atoms with van der Waals surface area (Å²) in [5.41, 5.74) is 1.06. The van der Waals surface area contributed by atoms with E-state index in [-0.39, 0.29) is 0 Å². The Balaban J connectivity index is 2.75. The highest BCUT2D eigenvalue weighted by atomic mass is 16.5. The molecule has 4 nitrogen and oxygen atoms in total. The molecule has 1 N–H and O–H groups in total. The Morgan fingerprint density at radius 3 is 2.42 bits per heavy atom. The highest BCUT2D eigenvalue weighted by Crippen LogP contribution is 2.24. The number of hydrogen-bond donors (Lipinski definition) is 1. The second kappa shape index (κ2) is 7.53. The van der Waals surface area contributed by atoms with Gasteiger partial charge in [0.1, 0.15) is 0 Å². The van der Waals surface area contributed by atoms with Crippen LogP contribution in [0.15, 0.2) is 6.20 Å². The van der Waals surface area contributed by atoms with Crippen LogP contribution in [0, 0.1) is 24.7 Å². The minimum absolute atomic E-state index is 0.663. The SMILES string of the molecule is COCCNc1nc(C)cn1CC(C(C)C)C(C)C. The van der Waals surface area contributed by atoms with Crippen LogP contribution in [0.25, 0.3) is 0 Å². The maximum absolute atomic E-state index is 5.07. The van der Waals surface area contributed by atoms with Crippen LogP contribution in [0.5, 0.6) is 0 Å². The van der Waals surface area contributed by atoms with E-state index in [1.807, 2.05) is 6.92 Å². The monoisotopic (exact) mass is 267 g/mol. The van der Waals surface area contributed by atoms with Crippen LogP contribution in [-0.4, -0.2) is 29.8 Å². The van der Waals surface area contributed by atoms with Crippen LogP contribution < -0.4 is 5.32 Å². The normalized spacial score (nSPS) is 11.8. The molecule has 0 saturated heterocycles. The molecule has 4 heteroatoms. The predicted molar refractivity (Wildman–Crippen MR) is 80.5 cm³/mol. The van der Waals surface area contributed by atoms with Gasteiger partial charge in [0, 0.05) is 26.4 Å². The van der Waals surface area contributed by atoms with E-state index in [1.54, 1.807) is 7.11 Å². The molecule has 0 unspecified atom stereocenters. The summed E-state index contributed by atoms with van der Waals surface area (Å²) in [5.74, 6) is 2.97. The number of nitrogens with zero attached hydrogens (tertiary/aromatic N) is 2. The number of hydrogen-bond acceptors (Lipinski definition) is 3. The van der Waals surface area contributed by atoms with Gasteiger partial charge in [-0.1, -0.05) is 27.7 Å². The number of imidazole rings is 1. The molecule has 0 bridgehead atoms. The zero-order valence-electron chi connectivity index (χ0n) is 13.2. The molecule has 1 rings (SSSR count). The first-order chi connectivity index (χ1) is 8.95. The standard InChI is InChI=1S/C15H29N3O/c1-11(2)14(12(3)4)10-18-9-13(5)17-15(18)16-7-8-19-6/h9,11-12,14H,7-8,10H2,1-6H3,(H,16,17). The number of aromatic nitrogens is 2. The van der Waals surface area contributed by atoms with Crippen molar-refractivity contribution >= 4 is 5.95 Å². The Kier molecular flexibility index (Phi) is 6.35. The average Bonchev–Trinajstić information content (AvgIpc) is 2.66. The second-order valence-electron chi connectivity index (χ2n) is 5.93. The molecule has 110 valence electrons. The summed E-state index contributed by atoms with van der Waals surface area (Å²) in [6.07, 6.45) is 2.13. The van der Waals surface area contributed by atoms with Crippen molar-refractivity contribution in [3.63, 3.8) is 0 Å². The Hall–Kier alpha value is -1.03. The quantitative estimate of drug-likeness (QED) is 0.735. The molecule has 0 spiro atoms. The largest absolute Gasteiger partial charge is 0.383 e. The lowest BCUT2D eigenvalue weighted by molar-refractivity contribution is 0.210. The fraction of sp³-hybridized carbons (Fsp3) is 0.800. The molecule has 19 heavy (non-hydrogen) atoms. The van der Waals surface area contributed by atoms with E-state index in [9.17, 15) is 0 Å². The van der Waals surface area contributed by atoms with E-state index >= 15 is 0 Å². The summed E-state index contributed by atoms with van der Waals surface area (Å²) in [7, 11) is 1.72. The molecule has 0 aliphatic rings. The lowest BCUT2D eigenvalue weighted by Crippen LogP contribution is -2.23. The molecule has 0 saturated carbocycles. The Morgan fingerprint density at radius 1 is 1.26 bits per heavy atom. The third-order valence-corrected chi connectivity index (χ3v) is 3.61. The Labute approximate surface area is 117 Å². The number of nitrogens with one attached hydrogen (secondary N) is 1. The van der Waals surface area contributed by atoms with Gasteiger partial charge in [0.2, 0.25) is 5.95 Å². The van der Waals surface area contributed by atoms with Crippen LogP contribution in [-0.2, 0) is 11.3 Å². The lowest BCUT2D eigenvalue weighted by Gasteiger charge is -2.26. The van der Waals surface area contributed by atoms with Crippen molar-refractivity contribution in [2.75, 3.05) is 25.6 Å². The minimum Gasteiger partial charge on any atom is -0.383 e. The highest BCUT2D eigenvalue weighted by molar-refractivity contribution is 5.28. The van der Waals surface area contributed by atoms with Crippen LogP contribution in [0.3, 0.4) is 0 Å². The lowest BCUT2D eigenvalue weighted by atomic mass is 9.85. The van der Waals surface area contributed by atoms with E-state index in [4.69, 9.17) is 4.74 Å².